The van der Waals surface area contributed by atoms with E-state index in [1.54, 1.807) is 0 Å². The number of aryl methyl sites for hydroxylation is 2. The molecule has 0 unspecified atom stereocenters. The Morgan fingerprint density at radius 3 is 2.45 bits per heavy atom. The maximum atomic E-state index is 10.0. The summed E-state index contributed by atoms with van der Waals surface area (Å²) >= 11 is 0. The fourth-order valence-corrected chi connectivity index (χ4v) is 0.980. The fraction of sp³-hybridized carbons (Fsp3) is 0.333. The molecule has 0 saturated heterocycles. The summed E-state index contributed by atoms with van der Waals surface area (Å²) in [5.41, 5.74) is 2.50. The Hall–Kier alpha value is -0.915. The van der Waals surface area contributed by atoms with Gasteiger partial charge in [0.2, 0.25) is 0 Å². The topological polar surface area (TPSA) is 17.1 Å². The van der Waals surface area contributed by atoms with Crippen LogP contribution in [0.5, 0.6) is 0 Å². The molecule has 0 spiro atoms. The second kappa shape index (κ2) is 4.07. The predicted molar refractivity (Wildman–Crippen MR) is 46.1 cm³/mol. The van der Waals surface area contributed by atoms with Crippen LogP contribution in [-0.4, -0.2) is 7.15 Å². The quantitative estimate of drug-likeness (QED) is 0.596. The molecule has 0 bridgehead atoms. The molecule has 0 N–H and O–H groups in total. The van der Waals surface area contributed by atoms with E-state index in [2.05, 4.69) is 31.2 Å². The SMILES string of the molecule is Cc1ccc(CCB=O)cc1. The van der Waals surface area contributed by atoms with Crippen molar-refractivity contribution in [3.63, 3.8) is 0 Å². The molecular formula is C9H11BO. The summed E-state index contributed by atoms with van der Waals surface area (Å²) in [7, 11) is 0.958. The van der Waals surface area contributed by atoms with Gasteiger partial charge >= 0.3 is 66.9 Å². The van der Waals surface area contributed by atoms with Crippen LogP contribution in [0.2, 0.25) is 6.32 Å². The van der Waals surface area contributed by atoms with Crippen molar-refractivity contribution in [1.82, 2.24) is 0 Å². The number of hydrogen-bond donors (Lipinski definition) is 0. The van der Waals surface area contributed by atoms with Crippen LogP contribution in [0.3, 0.4) is 0 Å². The molecule has 0 atom stereocenters. The Balaban J connectivity index is 2.58. The van der Waals surface area contributed by atoms with Gasteiger partial charge in [0, 0.05) is 0 Å². The van der Waals surface area contributed by atoms with Crippen LogP contribution in [-0.2, 0) is 11.1 Å². The van der Waals surface area contributed by atoms with Gasteiger partial charge in [-0.15, -0.1) is 0 Å². The average molecular weight is 146 g/mol. The number of hydrogen-bond acceptors (Lipinski definition) is 1. The van der Waals surface area contributed by atoms with E-state index in [0.29, 0.717) is 6.32 Å². The van der Waals surface area contributed by atoms with Crippen molar-refractivity contribution in [1.29, 1.82) is 0 Å². The Kier molecular flexibility index (Phi) is 3.03. The van der Waals surface area contributed by atoms with Crippen LogP contribution in [0, 0.1) is 6.92 Å². The van der Waals surface area contributed by atoms with Gasteiger partial charge in [-0.2, -0.15) is 0 Å². The summed E-state index contributed by atoms with van der Waals surface area (Å²) in [4.78, 5) is 0. The first kappa shape index (κ1) is 8.18. The van der Waals surface area contributed by atoms with Gasteiger partial charge in [-0.3, -0.25) is 0 Å². The molecule has 1 aromatic rings. The van der Waals surface area contributed by atoms with Crippen molar-refractivity contribution in [2.75, 3.05) is 0 Å². The average Bonchev–Trinajstić information content (AvgIpc) is 2.04. The molecule has 0 aliphatic rings. The summed E-state index contributed by atoms with van der Waals surface area (Å²) < 4.78 is 10.0. The normalized spacial score (nSPS) is 9.18. The molecule has 56 valence electrons. The van der Waals surface area contributed by atoms with Crippen molar-refractivity contribution in [3.8, 4) is 0 Å². The second-order valence-corrected chi connectivity index (χ2v) is 2.69. The molecule has 0 heterocycles. The van der Waals surface area contributed by atoms with E-state index in [0.717, 1.165) is 13.6 Å². The van der Waals surface area contributed by atoms with Crippen LogP contribution >= 0.6 is 0 Å². The third-order valence-electron chi connectivity index (χ3n) is 1.67. The van der Waals surface area contributed by atoms with Crippen LogP contribution in [0.25, 0.3) is 0 Å². The van der Waals surface area contributed by atoms with E-state index in [1.807, 2.05) is 0 Å². The van der Waals surface area contributed by atoms with E-state index < -0.39 is 0 Å². The van der Waals surface area contributed by atoms with Crippen LogP contribution in [0.4, 0.5) is 0 Å². The van der Waals surface area contributed by atoms with Crippen LogP contribution < -0.4 is 0 Å². The molecule has 0 aliphatic heterocycles. The van der Waals surface area contributed by atoms with Gasteiger partial charge < -0.3 is 0 Å². The summed E-state index contributed by atoms with van der Waals surface area (Å²) in [5.74, 6) is 0. The third kappa shape index (κ3) is 2.66. The summed E-state index contributed by atoms with van der Waals surface area (Å²) in [6, 6.07) is 8.28. The van der Waals surface area contributed by atoms with Gasteiger partial charge in [-0.1, -0.05) is 0 Å². The molecular weight excluding hydrogens is 135 g/mol. The molecule has 0 radical (unpaired) electrons. The zero-order valence-electron chi connectivity index (χ0n) is 6.71. The Morgan fingerprint density at radius 2 is 1.91 bits per heavy atom. The predicted octanol–water partition coefficient (Wildman–Crippen LogP) is 2.01. The molecule has 11 heavy (non-hydrogen) atoms. The van der Waals surface area contributed by atoms with Gasteiger partial charge in [-0.05, 0) is 0 Å². The van der Waals surface area contributed by atoms with E-state index in [1.165, 1.54) is 11.1 Å². The monoisotopic (exact) mass is 146 g/mol. The van der Waals surface area contributed by atoms with Gasteiger partial charge in [0.05, 0.1) is 0 Å². The Bertz CT molecular complexity index is 228. The van der Waals surface area contributed by atoms with Crippen molar-refractivity contribution in [2.45, 2.75) is 19.7 Å². The van der Waals surface area contributed by atoms with E-state index in [4.69, 9.17) is 0 Å². The molecule has 0 amide bonds. The molecule has 1 rings (SSSR count). The standard InChI is InChI=1S/C9H11BO/c1-8-2-4-9(5-3-8)6-7-10-11/h2-5H,6-7H2,1H3. The van der Waals surface area contributed by atoms with Crippen molar-refractivity contribution >= 4 is 7.15 Å². The molecule has 0 fully saturated rings. The molecule has 0 aromatic heterocycles. The van der Waals surface area contributed by atoms with Gasteiger partial charge in [0.1, 0.15) is 0 Å². The van der Waals surface area contributed by atoms with Crippen molar-refractivity contribution in [2.24, 2.45) is 0 Å². The molecule has 1 aromatic carbocycles. The van der Waals surface area contributed by atoms with E-state index in [-0.39, 0.29) is 0 Å². The first-order valence-corrected chi connectivity index (χ1v) is 3.82. The minimum atomic E-state index is 0.628. The first-order valence-electron chi connectivity index (χ1n) is 3.82. The van der Waals surface area contributed by atoms with Gasteiger partial charge in [0.25, 0.3) is 0 Å². The van der Waals surface area contributed by atoms with E-state index in [9.17, 15) is 4.70 Å². The van der Waals surface area contributed by atoms with Crippen LogP contribution in [0.1, 0.15) is 11.1 Å². The fourth-order valence-electron chi connectivity index (χ4n) is 0.980. The molecule has 1 nitrogen and oxygen atoms in total. The van der Waals surface area contributed by atoms with Crippen molar-refractivity contribution < 1.29 is 4.70 Å². The zero-order chi connectivity index (χ0) is 8.10. The Labute approximate surface area is 67.7 Å². The van der Waals surface area contributed by atoms with E-state index >= 15 is 0 Å². The summed E-state index contributed by atoms with van der Waals surface area (Å²) in [6.07, 6.45) is 1.49. The number of rotatable bonds is 3. The van der Waals surface area contributed by atoms with Crippen molar-refractivity contribution in [3.05, 3.63) is 35.4 Å². The van der Waals surface area contributed by atoms with Crippen LogP contribution in [0.15, 0.2) is 24.3 Å². The Morgan fingerprint density at radius 1 is 1.27 bits per heavy atom. The molecule has 0 saturated carbocycles. The second-order valence-electron chi connectivity index (χ2n) is 2.69. The maximum absolute atomic E-state index is 10.0. The molecule has 2 heteroatoms. The zero-order valence-corrected chi connectivity index (χ0v) is 6.71. The number of benzene rings is 1. The summed E-state index contributed by atoms with van der Waals surface area (Å²) in [5, 5.41) is 0. The third-order valence-corrected chi connectivity index (χ3v) is 1.67. The minimum absolute atomic E-state index is 0.628. The van der Waals surface area contributed by atoms with Gasteiger partial charge in [0.15, 0.2) is 0 Å². The first-order chi connectivity index (χ1) is 5.33. The van der Waals surface area contributed by atoms with Gasteiger partial charge in [-0.25, -0.2) is 0 Å². The summed E-state index contributed by atoms with van der Waals surface area (Å²) in [6.45, 7) is 2.06. The molecule has 0 aliphatic carbocycles.